The number of nitrogens with zero attached hydrogens (tertiary/aromatic N) is 3. The highest BCUT2D eigenvalue weighted by atomic mass is 79.9. The third-order valence-corrected chi connectivity index (χ3v) is 2.84. The minimum absolute atomic E-state index is 0.101. The highest BCUT2D eigenvalue weighted by molar-refractivity contribution is 9.11. The number of hydrogen-bond acceptors (Lipinski definition) is 3. The molecule has 86 valence electrons. The van der Waals surface area contributed by atoms with E-state index in [0.29, 0.717) is 5.56 Å². The number of halogens is 2. The molecular weight excluding hydrogens is 350 g/mol. The van der Waals surface area contributed by atoms with E-state index in [0.717, 1.165) is 8.95 Å². The SMILES string of the molecule is N#CCN(CC#N)C(=O)c1cc(Br)cc(Br)c1. The summed E-state index contributed by atoms with van der Waals surface area (Å²) in [4.78, 5) is 13.2. The Morgan fingerprint density at radius 2 is 1.59 bits per heavy atom. The molecule has 0 saturated carbocycles. The summed E-state index contributed by atoms with van der Waals surface area (Å²) in [5.74, 6) is -0.338. The normalized spacial score (nSPS) is 9.18. The topological polar surface area (TPSA) is 67.9 Å². The second kappa shape index (κ2) is 6.39. The Morgan fingerprint density at radius 1 is 1.12 bits per heavy atom. The first kappa shape index (κ1) is 13.7. The van der Waals surface area contributed by atoms with Crippen molar-refractivity contribution in [3.63, 3.8) is 0 Å². The van der Waals surface area contributed by atoms with Gasteiger partial charge in [-0.25, -0.2) is 0 Å². The molecule has 0 aliphatic heterocycles. The van der Waals surface area contributed by atoms with Gasteiger partial charge in [0.25, 0.3) is 5.91 Å². The zero-order chi connectivity index (χ0) is 12.8. The lowest BCUT2D eigenvalue weighted by molar-refractivity contribution is 0.0794. The van der Waals surface area contributed by atoms with Gasteiger partial charge in [0.1, 0.15) is 13.1 Å². The van der Waals surface area contributed by atoms with E-state index in [4.69, 9.17) is 10.5 Å². The van der Waals surface area contributed by atoms with Crippen molar-refractivity contribution in [2.45, 2.75) is 0 Å². The summed E-state index contributed by atoms with van der Waals surface area (Å²) in [7, 11) is 0. The van der Waals surface area contributed by atoms with Crippen LogP contribution in [-0.4, -0.2) is 23.9 Å². The van der Waals surface area contributed by atoms with E-state index in [9.17, 15) is 4.79 Å². The fraction of sp³-hybridized carbons (Fsp3) is 0.182. The van der Waals surface area contributed by atoms with Crippen molar-refractivity contribution in [1.82, 2.24) is 4.90 Å². The van der Waals surface area contributed by atoms with E-state index in [1.807, 2.05) is 12.1 Å². The minimum atomic E-state index is -0.338. The number of amides is 1. The van der Waals surface area contributed by atoms with E-state index in [1.54, 1.807) is 18.2 Å². The summed E-state index contributed by atoms with van der Waals surface area (Å²) in [6, 6.07) is 8.82. The van der Waals surface area contributed by atoms with Crippen LogP contribution in [-0.2, 0) is 0 Å². The van der Waals surface area contributed by atoms with E-state index < -0.39 is 0 Å². The molecule has 4 nitrogen and oxygen atoms in total. The second-order valence-corrected chi connectivity index (χ2v) is 4.97. The van der Waals surface area contributed by atoms with Gasteiger partial charge in [0.05, 0.1) is 12.1 Å². The van der Waals surface area contributed by atoms with Crippen LogP contribution in [0.5, 0.6) is 0 Å². The van der Waals surface area contributed by atoms with Gasteiger partial charge in [0.15, 0.2) is 0 Å². The summed E-state index contributed by atoms with van der Waals surface area (Å²) in [5, 5.41) is 17.2. The van der Waals surface area contributed by atoms with Crippen LogP contribution in [0.15, 0.2) is 27.1 Å². The fourth-order valence-corrected chi connectivity index (χ4v) is 2.52. The van der Waals surface area contributed by atoms with Gasteiger partial charge in [-0.3, -0.25) is 4.79 Å². The predicted molar refractivity (Wildman–Crippen MR) is 69.0 cm³/mol. The standard InChI is InChI=1S/C11H7Br2N3O/c12-9-5-8(6-10(13)7-9)11(17)16(3-1-14)4-2-15/h5-7H,3-4H2. The van der Waals surface area contributed by atoms with Crippen LogP contribution in [0.2, 0.25) is 0 Å². The van der Waals surface area contributed by atoms with Gasteiger partial charge in [-0.2, -0.15) is 10.5 Å². The zero-order valence-corrected chi connectivity index (χ0v) is 11.8. The number of rotatable bonds is 3. The molecule has 0 aromatic heterocycles. The van der Waals surface area contributed by atoms with E-state index >= 15 is 0 Å². The van der Waals surface area contributed by atoms with Crippen LogP contribution in [0.3, 0.4) is 0 Å². The second-order valence-electron chi connectivity index (χ2n) is 3.14. The maximum absolute atomic E-state index is 12.0. The van der Waals surface area contributed by atoms with Crippen molar-refractivity contribution >= 4 is 37.8 Å². The Morgan fingerprint density at radius 3 is 2.00 bits per heavy atom. The summed E-state index contributed by atoms with van der Waals surface area (Å²) in [6.45, 7) is -0.201. The Bertz CT molecular complexity index is 480. The smallest absolute Gasteiger partial charge is 0.255 e. The van der Waals surface area contributed by atoms with Crippen molar-refractivity contribution in [2.75, 3.05) is 13.1 Å². The summed E-state index contributed by atoms with van der Waals surface area (Å²) >= 11 is 6.56. The number of carbonyl (C=O) groups is 1. The molecule has 0 fully saturated rings. The first-order valence-electron chi connectivity index (χ1n) is 4.57. The molecular formula is C11H7Br2N3O. The molecule has 1 rings (SSSR count). The summed E-state index contributed by atoms with van der Waals surface area (Å²) in [6.07, 6.45) is 0. The van der Waals surface area contributed by atoms with Crippen LogP contribution < -0.4 is 0 Å². The Balaban J connectivity index is 3.02. The van der Waals surface area contributed by atoms with Crippen LogP contribution in [0.25, 0.3) is 0 Å². The fourth-order valence-electron chi connectivity index (χ4n) is 1.23. The maximum Gasteiger partial charge on any atom is 0.255 e. The molecule has 0 radical (unpaired) electrons. The Hall–Kier alpha value is -1.37. The quantitative estimate of drug-likeness (QED) is 0.782. The third-order valence-electron chi connectivity index (χ3n) is 1.92. The van der Waals surface area contributed by atoms with Gasteiger partial charge in [-0.1, -0.05) is 31.9 Å². The zero-order valence-electron chi connectivity index (χ0n) is 8.65. The van der Waals surface area contributed by atoms with E-state index in [2.05, 4.69) is 31.9 Å². The highest BCUT2D eigenvalue weighted by Gasteiger charge is 2.15. The maximum atomic E-state index is 12.0. The molecule has 0 spiro atoms. The molecule has 0 unspecified atom stereocenters. The summed E-state index contributed by atoms with van der Waals surface area (Å²) in [5.41, 5.74) is 0.428. The predicted octanol–water partition coefficient (Wildman–Crippen LogP) is 2.70. The number of nitriles is 2. The Kier molecular flexibility index (Phi) is 5.14. The molecule has 0 aliphatic carbocycles. The van der Waals surface area contributed by atoms with Gasteiger partial charge in [-0.15, -0.1) is 0 Å². The lowest BCUT2D eigenvalue weighted by Crippen LogP contribution is -2.31. The molecule has 0 heterocycles. The molecule has 0 N–H and O–H groups in total. The van der Waals surface area contributed by atoms with Crippen LogP contribution in [0.4, 0.5) is 0 Å². The molecule has 0 atom stereocenters. The van der Waals surface area contributed by atoms with Crippen LogP contribution in [0, 0.1) is 22.7 Å². The van der Waals surface area contributed by atoms with Crippen LogP contribution >= 0.6 is 31.9 Å². The average Bonchev–Trinajstić information content (AvgIpc) is 2.26. The molecule has 0 bridgehead atoms. The summed E-state index contributed by atoms with van der Waals surface area (Å²) < 4.78 is 1.51. The molecule has 0 aliphatic rings. The highest BCUT2D eigenvalue weighted by Crippen LogP contribution is 2.21. The lowest BCUT2D eigenvalue weighted by Gasteiger charge is -2.16. The number of benzene rings is 1. The van der Waals surface area contributed by atoms with Crippen LogP contribution in [0.1, 0.15) is 10.4 Å². The third kappa shape index (κ3) is 3.85. The number of hydrogen-bond donors (Lipinski definition) is 0. The van der Waals surface area contributed by atoms with Gasteiger partial charge in [0.2, 0.25) is 0 Å². The van der Waals surface area contributed by atoms with E-state index in [1.165, 1.54) is 4.90 Å². The monoisotopic (exact) mass is 355 g/mol. The largest absolute Gasteiger partial charge is 0.312 e. The molecule has 6 heteroatoms. The van der Waals surface area contributed by atoms with Gasteiger partial charge < -0.3 is 4.90 Å². The van der Waals surface area contributed by atoms with Gasteiger partial charge in [0, 0.05) is 14.5 Å². The van der Waals surface area contributed by atoms with Crippen molar-refractivity contribution in [3.8, 4) is 12.1 Å². The lowest BCUT2D eigenvalue weighted by atomic mass is 10.2. The molecule has 1 aromatic rings. The van der Waals surface area contributed by atoms with Crippen molar-refractivity contribution in [2.24, 2.45) is 0 Å². The number of carbonyl (C=O) groups excluding carboxylic acids is 1. The average molecular weight is 357 g/mol. The first-order chi connectivity index (χ1) is 8.08. The first-order valence-corrected chi connectivity index (χ1v) is 6.16. The molecule has 1 amide bonds. The Labute approximate surface area is 116 Å². The molecule has 17 heavy (non-hydrogen) atoms. The molecule has 0 saturated heterocycles. The van der Waals surface area contributed by atoms with Crippen molar-refractivity contribution in [3.05, 3.63) is 32.7 Å². The molecule has 1 aromatic carbocycles. The van der Waals surface area contributed by atoms with Crippen molar-refractivity contribution < 1.29 is 4.79 Å². The van der Waals surface area contributed by atoms with E-state index in [-0.39, 0.29) is 19.0 Å². The van der Waals surface area contributed by atoms with Gasteiger partial charge >= 0.3 is 0 Å². The minimum Gasteiger partial charge on any atom is -0.312 e. The van der Waals surface area contributed by atoms with Gasteiger partial charge in [-0.05, 0) is 18.2 Å². The van der Waals surface area contributed by atoms with Crippen molar-refractivity contribution in [1.29, 1.82) is 10.5 Å².